The lowest BCUT2D eigenvalue weighted by Gasteiger charge is -2.23. The van der Waals surface area contributed by atoms with Crippen LogP contribution in [-0.4, -0.2) is 17.5 Å². The number of benzene rings is 1. The molecule has 1 atom stereocenters. The highest BCUT2D eigenvalue weighted by molar-refractivity contribution is 5.72. The van der Waals surface area contributed by atoms with E-state index in [1.165, 1.54) is 18.2 Å². The Labute approximate surface area is 129 Å². The number of rotatable bonds is 6. The number of ether oxygens (including phenoxy) is 1. The number of nitro groups is 1. The van der Waals surface area contributed by atoms with Crippen LogP contribution in [0.15, 0.2) is 18.2 Å². The summed E-state index contributed by atoms with van der Waals surface area (Å²) in [6.45, 7) is 7.49. The Kier molecular flexibility index (Phi) is 5.63. The van der Waals surface area contributed by atoms with E-state index in [-0.39, 0.29) is 18.0 Å². The van der Waals surface area contributed by atoms with Crippen LogP contribution in [0.4, 0.5) is 5.69 Å². The normalized spacial score (nSPS) is 13.3. The van der Waals surface area contributed by atoms with E-state index in [1.54, 1.807) is 13.8 Å². The fourth-order valence-electron chi connectivity index (χ4n) is 2.17. The number of aryl methyl sites for hydroxylation is 1. The first-order chi connectivity index (χ1) is 10.2. The van der Waals surface area contributed by atoms with Crippen molar-refractivity contribution in [2.24, 2.45) is 5.92 Å². The molecule has 0 radical (unpaired) electrons. The number of carbonyl (C=O) groups excluding carboxylic acids is 1. The topological polar surface area (TPSA) is 93.2 Å². The monoisotopic (exact) mass is 304 g/mol. The molecule has 0 fully saturated rings. The molecule has 0 aromatic heterocycles. The molecule has 0 aliphatic rings. The van der Waals surface area contributed by atoms with Gasteiger partial charge in [-0.1, -0.05) is 19.9 Å². The number of carbonyl (C=O) groups is 1. The molecule has 0 aliphatic carbocycles. The van der Waals surface area contributed by atoms with Crippen LogP contribution in [0.5, 0.6) is 0 Å². The molecule has 1 rings (SSSR count). The van der Waals surface area contributed by atoms with Crippen LogP contribution >= 0.6 is 0 Å². The third-order valence-corrected chi connectivity index (χ3v) is 3.34. The molecule has 0 saturated heterocycles. The molecule has 1 aromatic rings. The van der Waals surface area contributed by atoms with Crippen LogP contribution in [0.3, 0.4) is 0 Å². The van der Waals surface area contributed by atoms with Gasteiger partial charge in [-0.3, -0.25) is 14.9 Å². The number of hydrogen-bond donors (Lipinski definition) is 0. The van der Waals surface area contributed by atoms with E-state index >= 15 is 0 Å². The number of nitriles is 1. The fourth-order valence-corrected chi connectivity index (χ4v) is 2.17. The lowest BCUT2D eigenvalue weighted by molar-refractivity contribution is -0.384. The highest BCUT2D eigenvalue weighted by Gasteiger charge is 2.32. The lowest BCUT2D eigenvalue weighted by Crippen LogP contribution is -2.26. The standard InChI is InChI=1S/C16H20N2O4/c1-11(2)9-22-15(19)8-16(4,10-17)14-6-5-13(18(20)21)7-12(14)3/h5-7,11H,8-9H2,1-4H3. The summed E-state index contributed by atoms with van der Waals surface area (Å²) in [5, 5.41) is 20.3. The predicted molar refractivity (Wildman–Crippen MR) is 81.2 cm³/mol. The average Bonchev–Trinajstić information content (AvgIpc) is 2.44. The molecule has 1 aromatic carbocycles. The van der Waals surface area contributed by atoms with Crippen LogP contribution in [0.2, 0.25) is 0 Å². The average molecular weight is 304 g/mol. The third-order valence-electron chi connectivity index (χ3n) is 3.34. The molecule has 22 heavy (non-hydrogen) atoms. The first-order valence-corrected chi connectivity index (χ1v) is 7.02. The van der Waals surface area contributed by atoms with Gasteiger partial charge in [0.2, 0.25) is 0 Å². The zero-order chi connectivity index (χ0) is 16.9. The lowest BCUT2D eigenvalue weighted by atomic mass is 9.78. The van der Waals surface area contributed by atoms with Crippen LogP contribution in [0.25, 0.3) is 0 Å². The van der Waals surface area contributed by atoms with Crippen molar-refractivity contribution in [2.75, 3.05) is 6.61 Å². The van der Waals surface area contributed by atoms with Crippen molar-refractivity contribution in [2.45, 2.75) is 39.5 Å². The predicted octanol–water partition coefficient (Wildman–Crippen LogP) is 3.27. The second-order valence-corrected chi connectivity index (χ2v) is 5.95. The van der Waals surface area contributed by atoms with Gasteiger partial charge in [-0.05, 0) is 30.9 Å². The van der Waals surface area contributed by atoms with Gasteiger partial charge in [0.15, 0.2) is 0 Å². The van der Waals surface area contributed by atoms with Gasteiger partial charge in [-0.15, -0.1) is 0 Å². The van der Waals surface area contributed by atoms with Crippen LogP contribution in [0, 0.1) is 34.3 Å². The van der Waals surface area contributed by atoms with E-state index in [1.807, 2.05) is 13.8 Å². The van der Waals surface area contributed by atoms with Gasteiger partial charge < -0.3 is 4.74 Å². The molecule has 0 bridgehead atoms. The van der Waals surface area contributed by atoms with E-state index in [4.69, 9.17) is 4.74 Å². The Balaban J connectivity index is 3.01. The second kappa shape index (κ2) is 7.03. The van der Waals surface area contributed by atoms with Crippen molar-refractivity contribution in [1.29, 1.82) is 5.26 Å². The zero-order valence-corrected chi connectivity index (χ0v) is 13.3. The van der Waals surface area contributed by atoms with Crippen LogP contribution < -0.4 is 0 Å². The van der Waals surface area contributed by atoms with Crippen molar-refractivity contribution < 1.29 is 14.5 Å². The number of nitrogens with zero attached hydrogens (tertiary/aromatic N) is 2. The first-order valence-electron chi connectivity index (χ1n) is 7.02. The van der Waals surface area contributed by atoms with E-state index in [9.17, 15) is 20.2 Å². The molecule has 0 amide bonds. The molecule has 0 heterocycles. The number of nitro benzene ring substituents is 1. The maximum absolute atomic E-state index is 11.9. The molecule has 0 N–H and O–H groups in total. The summed E-state index contributed by atoms with van der Waals surface area (Å²) in [6.07, 6.45) is -0.0884. The molecular formula is C16H20N2O4. The molecule has 1 unspecified atom stereocenters. The minimum absolute atomic E-state index is 0.0380. The van der Waals surface area contributed by atoms with Gasteiger partial charge in [-0.2, -0.15) is 5.26 Å². The highest BCUT2D eigenvalue weighted by atomic mass is 16.6. The van der Waals surface area contributed by atoms with Gasteiger partial charge in [0, 0.05) is 12.1 Å². The van der Waals surface area contributed by atoms with Gasteiger partial charge in [0.05, 0.1) is 29.4 Å². The van der Waals surface area contributed by atoms with Crippen molar-refractivity contribution in [3.8, 4) is 6.07 Å². The summed E-state index contributed by atoms with van der Waals surface area (Å²) in [4.78, 5) is 22.2. The van der Waals surface area contributed by atoms with E-state index in [0.717, 1.165) is 0 Å². The summed E-state index contributed by atoms with van der Waals surface area (Å²) in [5.74, 6) is -0.228. The second-order valence-electron chi connectivity index (χ2n) is 5.95. The quantitative estimate of drug-likeness (QED) is 0.457. The smallest absolute Gasteiger partial charge is 0.307 e. The first kappa shape index (κ1) is 17.6. The summed E-state index contributed by atoms with van der Waals surface area (Å²) in [6, 6.07) is 6.42. The molecule has 0 spiro atoms. The summed E-state index contributed by atoms with van der Waals surface area (Å²) < 4.78 is 5.13. The third kappa shape index (κ3) is 4.29. The Bertz CT molecular complexity index is 619. The fraction of sp³-hybridized carbons (Fsp3) is 0.500. The molecule has 0 saturated carbocycles. The van der Waals surface area contributed by atoms with Crippen molar-refractivity contribution in [3.05, 3.63) is 39.4 Å². The van der Waals surface area contributed by atoms with E-state index in [0.29, 0.717) is 17.7 Å². The number of hydrogen-bond acceptors (Lipinski definition) is 5. The summed E-state index contributed by atoms with van der Waals surface area (Å²) in [5.41, 5.74) is 0.0914. The summed E-state index contributed by atoms with van der Waals surface area (Å²) >= 11 is 0. The Hall–Kier alpha value is -2.42. The Morgan fingerprint density at radius 2 is 2.14 bits per heavy atom. The van der Waals surface area contributed by atoms with Gasteiger partial charge in [0.25, 0.3) is 5.69 Å². The van der Waals surface area contributed by atoms with E-state index in [2.05, 4.69) is 6.07 Å². The van der Waals surface area contributed by atoms with Crippen molar-refractivity contribution >= 4 is 11.7 Å². The number of non-ortho nitro benzene ring substituents is 1. The Morgan fingerprint density at radius 1 is 1.50 bits per heavy atom. The largest absolute Gasteiger partial charge is 0.465 e. The molecule has 6 nitrogen and oxygen atoms in total. The molecule has 6 heteroatoms. The van der Waals surface area contributed by atoms with Gasteiger partial charge >= 0.3 is 5.97 Å². The Morgan fingerprint density at radius 3 is 2.59 bits per heavy atom. The minimum Gasteiger partial charge on any atom is -0.465 e. The van der Waals surface area contributed by atoms with Gasteiger partial charge in [0.1, 0.15) is 0 Å². The maximum Gasteiger partial charge on any atom is 0.307 e. The van der Waals surface area contributed by atoms with Crippen LogP contribution in [0.1, 0.15) is 38.3 Å². The SMILES string of the molecule is Cc1cc([N+](=O)[O-])ccc1C(C)(C#N)CC(=O)OCC(C)C. The summed E-state index contributed by atoms with van der Waals surface area (Å²) in [7, 11) is 0. The van der Waals surface area contributed by atoms with Gasteiger partial charge in [-0.25, -0.2) is 0 Å². The van der Waals surface area contributed by atoms with Crippen LogP contribution in [-0.2, 0) is 14.9 Å². The van der Waals surface area contributed by atoms with E-state index < -0.39 is 16.3 Å². The molecule has 118 valence electrons. The highest BCUT2D eigenvalue weighted by Crippen LogP contribution is 2.32. The minimum atomic E-state index is -1.08. The van der Waals surface area contributed by atoms with Crippen molar-refractivity contribution in [3.63, 3.8) is 0 Å². The molecular weight excluding hydrogens is 284 g/mol. The molecule has 0 aliphatic heterocycles. The zero-order valence-electron chi connectivity index (χ0n) is 13.3. The van der Waals surface area contributed by atoms with Crippen molar-refractivity contribution in [1.82, 2.24) is 0 Å². The number of esters is 1. The maximum atomic E-state index is 11.9.